The second-order valence-electron chi connectivity index (χ2n) is 2.62. The molecular weight excluding hydrogens is 229 g/mol. The molecule has 0 amide bonds. The van der Waals surface area contributed by atoms with Gasteiger partial charge in [-0.05, 0) is 12.1 Å². The maximum atomic E-state index is 12.7. The molecule has 0 radical (unpaired) electrons. The summed E-state index contributed by atoms with van der Waals surface area (Å²) in [4.78, 5) is 0. The Balaban J connectivity index is 3.49. The summed E-state index contributed by atoms with van der Waals surface area (Å²) in [5, 5.41) is 0. The van der Waals surface area contributed by atoms with Gasteiger partial charge in [-0.3, -0.25) is 0 Å². The standard InChI is InChI=1S/C8H3F7/c9-4-2-1-3(7(11)12)5(6(4)10)8(13,14)15/h1-2,7H. The van der Waals surface area contributed by atoms with E-state index in [0.29, 0.717) is 0 Å². The molecule has 1 aromatic carbocycles. The van der Waals surface area contributed by atoms with Crippen LogP contribution in [-0.2, 0) is 6.18 Å². The molecule has 1 rings (SSSR count). The molecule has 84 valence electrons. The first-order valence-corrected chi connectivity index (χ1v) is 3.58. The molecule has 0 nitrogen and oxygen atoms in total. The van der Waals surface area contributed by atoms with E-state index in [9.17, 15) is 30.7 Å². The summed E-state index contributed by atoms with van der Waals surface area (Å²) in [5.41, 5.74) is -3.82. The van der Waals surface area contributed by atoms with Crippen LogP contribution in [0.5, 0.6) is 0 Å². The van der Waals surface area contributed by atoms with E-state index in [4.69, 9.17) is 0 Å². The van der Waals surface area contributed by atoms with Crippen LogP contribution in [0, 0.1) is 11.6 Å². The van der Waals surface area contributed by atoms with Crippen molar-refractivity contribution in [3.8, 4) is 0 Å². The molecule has 0 saturated carbocycles. The summed E-state index contributed by atoms with van der Waals surface area (Å²) in [7, 11) is 0. The van der Waals surface area contributed by atoms with Crippen LogP contribution < -0.4 is 0 Å². The second kappa shape index (κ2) is 3.71. The first-order chi connectivity index (χ1) is 6.75. The van der Waals surface area contributed by atoms with Crippen molar-refractivity contribution < 1.29 is 30.7 Å². The molecule has 0 bridgehead atoms. The Bertz CT molecular complexity index is 366. The van der Waals surface area contributed by atoms with Gasteiger partial charge in [0.25, 0.3) is 6.43 Å². The Labute approximate surface area is 79.3 Å². The summed E-state index contributed by atoms with van der Waals surface area (Å²) >= 11 is 0. The zero-order valence-electron chi connectivity index (χ0n) is 6.88. The number of alkyl halides is 5. The quantitative estimate of drug-likeness (QED) is 0.643. The predicted molar refractivity (Wildman–Crippen MR) is 36.3 cm³/mol. The highest BCUT2D eigenvalue weighted by molar-refractivity contribution is 5.32. The molecule has 7 heteroatoms. The van der Waals surface area contributed by atoms with Gasteiger partial charge in [-0.1, -0.05) is 0 Å². The summed E-state index contributed by atoms with van der Waals surface area (Å²) < 4.78 is 85.6. The van der Waals surface area contributed by atoms with Crippen molar-refractivity contribution in [3.63, 3.8) is 0 Å². The third-order valence-electron chi connectivity index (χ3n) is 1.65. The fraction of sp³-hybridized carbons (Fsp3) is 0.250. The van der Waals surface area contributed by atoms with Crippen molar-refractivity contribution in [1.29, 1.82) is 0 Å². The lowest BCUT2D eigenvalue weighted by molar-refractivity contribution is -0.142. The van der Waals surface area contributed by atoms with E-state index in [0.717, 1.165) is 0 Å². The Kier molecular flexibility index (Phi) is 2.92. The predicted octanol–water partition coefficient (Wildman–Crippen LogP) is 3.92. The average molecular weight is 232 g/mol. The van der Waals surface area contributed by atoms with Crippen LogP contribution in [0.1, 0.15) is 17.6 Å². The summed E-state index contributed by atoms with van der Waals surface area (Å²) in [6, 6.07) is 0.442. The van der Waals surface area contributed by atoms with Gasteiger partial charge in [0.2, 0.25) is 0 Å². The number of halogens is 7. The number of rotatable bonds is 1. The van der Waals surface area contributed by atoms with Crippen LogP contribution in [0.3, 0.4) is 0 Å². The Morgan fingerprint density at radius 3 is 1.93 bits per heavy atom. The molecule has 0 fully saturated rings. The van der Waals surface area contributed by atoms with Crippen molar-refractivity contribution in [1.82, 2.24) is 0 Å². The fourth-order valence-corrected chi connectivity index (χ4v) is 1.04. The third kappa shape index (κ3) is 2.21. The van der Waals surface area contributed by atoms with Crippen LogP contribution in [0.4, 0.5) is 30.7 Å². The van der Waals surface area contributed by atoms with Crippen molar-refractivity contribution >= 4 is 0 Å². The number of hydrogen-bond acceptors (Lipinski definition) is 0. The third-order valence-corrected chi connectivity index (χ3v) is 1.65. The van der Waals surface area contributed by atoms with Gasteiger partial charge in [-0.15, -0.1) is 0 Å². The van der Waals surface area contributed by atoms with Crippen molar-refractivity contribution in [2.24, 2.45) is 0 Å². The van der Waals surface area contributed by atoms with Crippen LogP contribution >= 0.6 is 0 Å². The molecule has 0 N–H and O–H groups in total. The average Bonchev–Trinajstić information content (AvgIpc) is 2.06. The minimum atomic E-state index is -5.35. The smallest absolute Gasteiger partial charge is 0.205 e. The molecule has 0 unspecified atom stereocenters. The van der Waals surface area contributed by atoms with Crippen molar-refractivity contribution in [2.75, 3.05) is 0 Å². The van der Waals surface area contributed by atoms with Gasteiger partial charge in [0.05, 0.1) is 0 Å². The second-order valence-corrected chi connectivity index (χ2v) is 2.62. The molecule has 0 aliphatic rings. The van der Waals surface area contributed by atoms with Gasteiger partial charge in [0.15, 0.2) is 11.6 Å². The zero-order chi connectivity index (χ0) is 11.8. The molecule has 1 aromatic rings. The minimum absolute atomic E-state index is 0.214. The van der Waals surface area contributed by atoms with E-state index in [-0.39, 0.29) is 12.1 Å². The van der Waals surface area contributed by atoms with Crippen LogP contribution in [0.15, 0.2) is 12.1 Å². The van der Waals surface area contributed by atoms with E-state index in [1.165, 1.54) is 0 Å². The van der Waals surface area contributed by atoms with E-state index in [2.05, 4.69) is 0 Å². The topological polar surface area (TPSA) is 0 Å². The molecule has 0 aliphatic heterocycles. The van der Waals surface area contributed by atoms with Crippen LogP contribution in [-0.4, -0.2) is 0 Å². The first-order valence-electron chi connectivity index (χ1n) is 3.58. The Morgan fingerprint density at radius 2 is 1.53 bits per heavy atom. The molecule has 0 aliphatic carbocycles. The monoisotopic (exact) mass is 232 g/mol. The maximum Gasteiger partial charge on any atom is 0.419 e. The molecule has 15 heavy (non-hydrogen) atoms. The maximum absolute atomic E-state index is 12.7. The largest absolute Gasteiger partial charge is 0.419 e. The van der Waals surface area contributed by atoms with E-state index in [1.54, 1.807) is 0 Å². The molecular formula is C8H3F7. The molecule has 0 heterocycles. The fourth-order valence-electron chi connectivity index (χ4n) is 1.04. The van der Waals surface area contributed by atoms with Crippen molar-refractivity contribution in [3.05, 3.63) is 34.9 Å². The number of benzene rings is 1. The lowest BCUT2D eigenvalue weighted by Gasteiger charge is -2.13. The highest BCUT2D eigenvalue weighted by Gasteiger charge is 2.40. The van der Waals surface area contributed by atoms with E-state index in [1.807, 2.05) is 0 Å². The van der Waals surface area contributed by atoms with Crippen LogP contribution in [0.25, 0.3) is 0 Å². The van der Waals surface area contributed by atoms with Crippen LogP contribution in [0.2, 0.25) is 0 Å². The first kappa shape index (κ1) is 11.8. The van der Waals surface area contributed by atoms with E-state index >= 15 is 0 Å². The molecule has 0 saturated heterocycles. The lowest BCUT2D eigenvalue weighted by atomic mass is 10.1. The Morgan fingerprint density at radius 1 is 1.00 bits per heavy atom. The summed E-state index contributed by atoms with van der Waals surface area (Å²) in [6.07, 6.45) is -8.87. The minimum Gasteiger partial charge on any atom is -0.205 e. The van der Waals surface area contributed by atoms with Gasteiger partial charge >= 0.3 is 6.18 Å². The molecule has 0 aromatic heterocycles. The SMILES string of the molecule is Fc1ccc(C(F)F)c(C(F)(F)F)c1F. The van der Waals surface area contributed by atoms with Gasteiger partial charge in [-0.2, -0.15) is 13.2 Å². The summed E-state index contributed by atoms with van der Waals surface area (Å²) in [5.74, 6) is -4.12. The lowest BCUT2D eigenvalue weighted by Crippen LogP contribution is -2.13. The van der Waals surface area contributed by atoms with Gasteiger partial charge in [0.1, 0.15) is 5.56 Å². The van der Waals surface area contributed by atoms with E-state index < -0.39 is 35.4 Å². The number of hydrogen-bond donors (Lipinski definition) is 0. The highest BCUT2D eigenvalue weighted by Crippen LogP contribution is 2.38. The normalized spacial score (nSPS) is 12.3. The van der Waals surface area contributed by atoms with Gasteiger partial charge in [0, 0.05) is 5.56 Å². The molecule has 0 spiro atoms. The highest BCUT2D eigenvalue weighted by atomic mass is 19.4. The summed E-state index contributed by atoms with van der Waals surface area (Å²) in [6.45, 7) is 0. The zero-order valence-corrected chi connectivity index (χ0v) is 6.88. The molecule has 0 atom stereocenters. The van der Waals surface area contributed by atoms with Crippen molar-refractivity contribution in [2.45, 2.75) is 12.6 Å². The van der Waals surface area contributed by atoms with Gasteiger partial charge < -0.3 is 0 Å². The Hall–Kier alpha value is -1.27. The van der Waals surface area contributed by atoms with Gasteiger partial charge in [-0.25, -0.2) is 17.6 Å².